The molecule has 0 aromatic heterocycles. The molecular weight excluding hydrogens is 411 g/mol. The van der Waals surface area contributed by atoms with Crippen LogP contribution in [0.1, 0.15) is 23.2 Å². The van der Waals surface area contributed by atoms with E-state index in [1.165, 1.54) is 40.7 Å². The molecule has 0 bridgehead atoms. The highest BCUT2D eigenvalue weighted by molar-refractivity contribution is 9.10. The number of anilines is 1. The summed E-state index contributed by atoms with van der Waals surface area (Å²) in [5, 5.41) is 2.63. The minimum atomic E-state index is -3.48. The van der Waals surface area contributed by atoms with Gasteiger partial charge in [0.1, 0.15) is 5.82 Å². The van der Waals surface area contributed by atoms with Crippen molar-refractivity contribution in [2.24, 2.45) is 0 Å². The standard InChI is InChI=1S/C17H16BrFN2O3S/c18-13-9-12(10-14(19)11-13)17(22)20-15-3-5-16(6-4-15)25(23,24)21-7-1-2-8-21/h3-6,9-11H,1-2,7-8H2,(H,20,22). The minimum Gasteiger partial charge on any atom is -0.322 e. The van der Waals surface area contributed by atoms with E-state index in [0.29, 0.717) is 23.2 Å². The highest BCUT2D eigenvalue weighted by atomic mass is 79.9. The molecule has 3 rings (SSSR count). The van der Waals surface area contributed by atoms with Crippen molar-refractivity contribution in [3.05, 3.63) is 58.3 Å². The summed E-state index contributed by atoms with van der Waals surface area (Å²) in [6, 6.07) is 9.87. The summed E-state index contributed by atoms with van der Waals surface area (Å²) in [7, 11) is -3.48. The summed E-state index contributed by atoms with van der Waals surface area (Å²) >= 11 is 3.14. The van der Waals surface area contributed by atoms with Crippen LogP contribution in [0.5, 0.6) is 0 Å². The third-order valence-corrected chi connectivity index (χ3v) is 6.31. The number of sulfonamides is 1. The van der Waals surface area contributed by atoms with Gasteiger partial charge in [0.05, 0.1) is 4.90 Å². The zero-order valence-electron chi connectivity index (χ0n) is 13.2. The van der Waals surface area contributed by atoms with Gasteiger partial charge in [0.25, 0.3) is 5.91 Å². The molecule has 5 nitrogen and oxygen atoms in total. The van der Waals surface area contributed by atoms with E-state index in [9.17, 15) is 17.6 Å². The first-order valence-electron chi connectivity index (χ1n) is 7.74. The Balaban J connectivity index is 1.75. The molecule has 0 unspecified atom stereocenters. The molecule has 2 aromatic rings. The van der Waals surface area contributed by atoms with Crippen molar-refractivity contribution in [2.75, 3.05) is 18.4 Å². The van der Waals surface area contributed by atoms with E-state index in [2.05, 4.69) is 21.2 Å². The zero-order chi connectivity index (χ0) is 18.0. The van der Waals surface area contributed by atoms with Crippen LogP contribution >= 0.6 is 15.9 Å². The molecule has 1 amide bonds. The van der Waals surface area contributed by atoms with Gasteiger partial charge in [-0.1, -0.05) is 15.9 Å². The van der Waals surface area contributed by atoms with Crippen LogP contribution < -0.4 is 5.32 Å². The molecule has 2 aromatic carbocycles. The maximum atomic E-state index is 13.4. The Morgan fingerprint density at radius 3 is 2.32 bits per heavy atom. The number of nitrogens with zero attached hydrogens (tertiary/aromatic N) is 1. The van der Waals surface area contributed by atoms with Gasteiger partial charge in [-0.15, -0.1) is 0 Å². The minimum absolute atomic E-state index is 0.167. The van der Waals surface area contributed by atoms with Crippen molar-refractivity contribution in [1.29, 1.82) is 0 Å². The molecule has 1 heterocycles. The number of hydrogen-bond donors (Lipinski definition) is 1. The van der Waals surface area contributed by atoms with E-state index in [-0.39, 0.29) is 10.5 Å². The predicted molar refractivity (Wildman–Crippen MR) is 96.5 cm³/mol. The Morgan fingerprint density at radius 2 is 1.72 bits per heavy atom. The van der Waals surface area contributed by atoms with Crippen LogP contribution in [-0.2, 0) is 10.0 Å². The lowest BCUT2D eigenvalue weighted by atomic mass is 10.2. The molecule has 25 heavy (non-hydrogen) atoms. The van der Waals surface area contributed by atoms with Crippen LogP contribution in [0.3, 0.4) is 0 Å². The summed E-state index contributed by atoms with van der Waals surface area (Å²) in [6.45, 7) is 1.07. The predicted octanol–water partition coefficient (Wildman–Crippen LogP) is 3.63. The summed E-state index contributed by atoms with van der Waals surface area (Å²) in [6.07, 6.45) is 1.74. The molecule has 1 aliphatic heterocycles. The van der Waals surface area contributed by atoms with Gasteiger partial charge in [-0.05, 0) is 55.3 Å². The molecule has 1 fully saturated rings. The van der Waals surface area contributed by atoms with Gasteiger partial charge in [0.2, 0.25) is 10.0 Å². The van der Waals surface area contributed by atoms with E-state index in [4.69, 9.17) is 0 Å². The normalized spacial score (nSPS) is 15.3. The molecule has 1 N–H and O–H groups in total. The smallest absolute Gasteiger partial charge is 0.255 e. The average Bonchev–Trinajstić information content (AvgIpc) is 3.09. The van der Waals surface area contributed by atoms with Crippen molar-refractivity contribution in [3.63, 3.8) is 0 Å². The van der Waals surface area contributed by atoms with E-state index in [0.717, 1.165) is 18.9 Å². The van der Waals surface area contributed by atoms with Crippen LogP contribution in [0.4, 0.5) is 10.1 Å². The molecule has 0 aliphatic carbocycles. The van der Waals surface area contributed by atoms with Crippen LogP contribution in [0.15, 0.2) is 51.8 Å². The number of rotatable bonds is 4. The first-order chi connectivity index (χ1) is 11.9. The fraction of sp³-hybridized carbons (Fsp3) is 0.235. The average molecular weight is 427 g/mol. The molecule has 0 atom stereocenters. The first-order valence-corrected chi connectivity index (χ1v) is 9.97. The van der Waals surface area contributed by atoms with Crippen LogP contribution in [0, 0.1) is 5.82 Å². The monoisotopic (exact) mass is 426 g/mol. The molecule has 0 radical (unpaired) electrons. The first kappa shape index (κ1) is 18.0. The highest BCUT2D eigenvalue weighted by Crippen LogP contribution is 2.23. The lowest BCUT2D eigenvalue weighted by Crippen LogP contribution is -2.27. The maximum absolute atomic E-state index is 13.4. The molecule has 0 spiro atoms. The third kappa shape index (κ3) is 4.08. The van der Waals surface area contributed by atoms with Crippen molar-refractivity contribution in [2.45, 2.75) is 17.7 Å². The molecule has 8 heteroatoms. The van der Waals surface area contributed by atoms with E-state index in [1.807, 2.05) is 0 Å². The van der Waals surface area contributed by atoms with Crippen LogP contribution in [0.2, 0.25) is 0 Å². The number of carbonyl (C=O) groups excluding carboxylic acids is 1. The van der Waals surface area contributed by atoms with Gasteiger partial charge in [0, 0.05) is 28.8 Å². The maximum Gasteiger partial charge on any atom is 0.255 e. The van der Waals surface area contributed by atoms with Gasteiger partial charge < -0.3 is 5.32 Å². The van der Waals surface area contributed by atoms with Gasteiger partial charge in [-0.2, -0.15) is 4.31 Å². The van der Waals surface area contributed by atoms with E-state index in [1.54, 1.807) is 0 Å². The molecule has 1 saturated heterocycles. The Morgan fingerprint density at radius 1 is 1.08 bits per heavy atom. The fourth-order valence-corrected chi connectivity index (χ4v) is 4.66. The SMILES string of the molecule is O=C(Nc1ccc(S(=O)(=O)N2CCCC2)cc1)c1cc(F)cc(Br)c1. The third-order valence-electron chi connectivity index (χ3n) is 3.94. The van der Waals surface area contributed by atoms with Crippen LogP contribution in [-0.4, -0.2) is 31.7 Å². The topological polar surface area (TPSA) is 66.5 Å². The molecule has 1 aliphatic rings. The summed E-state index contributed by atoms with van der Waals surface area (Å²) < 4.78 is 40.2. The fourth-order valence-electron chi connectivity index (χ4n) is 2.68. The number of nitrogens with one attached hydrogen (secondary N) is 1. The highest BCUT2D eigenvalue weighted by Gasteiger charge is 2.26. The molecular formula is C17H16BrFN2O3S. The Labute approximate surface area is 154 Å². The van der Waals surface area contributed by atoms with Gasteiger partial charge in [0.15, 0.2) is 0 Å². The largest absolute Gasteiger partial charge is 0.322 e. The number of carbonyl (C=O) groups is 1. The van der Waals surface area contributed by atoms with Gasteiger partial charge >= 0.3 is 0 Å². The second kappa shape index (κ2) is 7.23. The summed E-state index contributed by atoms with van der Waals surface area (Å²) in [5.74, 6) is -0.998. The van der Waals surface area contributed by atoms with Crippen molar-refractivity contribution < 1.29 is 17.6 Å². The zero-order valence-corrected chi connectivity index (χ0v) is 15.6. The number of halogens is 2. The van der Waals surface area contributed by atoms with Gasteiger partial charge in [-0.25, -0.2) is 12.8 Å². The molecule has 132 valence electrons. The number of benzene rings is 2. The second-order valence-corrected chi connectivity index (χ2v) is 8.60. The summed E-state index contributed by atoms with van der Waals surface area (Å²) in [4.78, 5) is 12.4. The van der Waals surface area contributed by atoms with Crippen molar-refractivity contribution in [3.8, 4) is 0 Å². The molecule has 0 saturated carbocycles. The van der Waals surface area contributed by atoms with Crippen molar-refractivity contribution >= 4 is 37.5 Å². The quantitative estimate of drug-likeness (QED) is 0.811. The van der Waals surface area contributed by atoms with Gasteiger partial charge in [-0.3, -0.25) is 4.79 Å². The van der Waals surface area contributed by atoms with Crippen LogP contribution in [0.25, 0.3) is 0 Å². The second-order valence-electron chi connectivity index (χ2n) is 5.75. The van der Waals surface area contributed by atoms with Crippen molar-refractivity contribution in [1.82, 2.24) is 4.31 Å². The summed E-state index contributed by atoms with van der Waals surface area (Å²) in [5.41, 5.74) is 0.603. The lowest BCUT2D eigenvalue weighted by molar-refractivity contribution is 0.102. The Bertz CT molecular complexity index is 874. The lowest BCUT2D eigenvalue weighted by Gasteiger charge is -2.15. The Hall–Kier alpha value is -1.77. The van der Waals surface area contributed by atoms with E-state index < -0.39 is 21.7 Å². The Kier molecular flexibility index (Phi) is 5.21. The number of amides is 1. The van der Waals surface area contributed by atoms with E-state index >= 15 is 0 Å². The number of hydrogen-bond acceptors (Lipinski definition) is 3.